The van der Waals surface area contributed by atoms with Crippen molar-refractivity contribution in [2.24, 2.45) is 0 Å². The molecule has 0 aromatic heterocycles. The van der Waals surface area contributed by atoms with E-state index in [-0.39, 0.29) is 18.5 Å². The third kappa shape index (κ3) is 54.7. The first-order chi connectivity index (χ1) is 32.6. The number of rotatable bonds is 55. The summed E-state index contributed by atoms with van der Waals surface area (Å²) < 4.78 is 17.5. The quantitative estimate of drug-likeness (QED) is 0.0345. The van der Waals surface area contributed by atoms with Crippen molar-refractivity contribution in [3.63, 3.8) is 0 Å². The van der Waals surface area contributed by atoms with Crippen molar-refractivity contribution < 1.29 is 23.8 Å². The summed E-state index contributed by atoms with van der Waals surface area (Å²) in [7, 11) is 0. The second-order valence-corrected chi connectivity index (χ2v) is 19.9. The molecule has 388 valence electrons. The van der Waals surface area contributed by atoms with Crippen LogP contribution in [-0.4, -0.2) is 37.9 Å². The number of carbonyl (C=O) groups excluding carboxylic acids is 2. The lowest BCUT2D eigenvalue weighted by Crippen LogP contribution is -2.30. The molecule has 66 heavy (non-hydrogen) atoms. The molecule has 5 nitrogen and oxygen atoms in total. The number of esters is 2. The maximum absolute atomic E-state index is 12.9. The third-order valence-corrected chi connectivity index (χ3v) is 13.1. The molecule has 1 atom stereocenters. The zero-order chi connectivity index (χ0) is 47.7. The van der Waals surface area contributed by atoms with Gasteiger partial charge in [0.15, 0.2) is 6.10 Å². The van der Waals surface area contributed by atoms with Gasteiger partial charge in [0.25, 0.3) is 0 Å². The average Bonchev–Trinajstić information content (AvgIpc) is 3.32. The predicted octanol–water partition coefficient (Wildman–Crippen LogP) is 20.1. The summed E-state index contributed by atoms with van der Waals surface area (Å²) in [5.74, 6) is -0.389. The predicted molar refractivity (Wildman–Crippen MR) is 288 cm³/mol. The Morgan fingerprint density at radius 3 is 1.05 bits per heavy atom. The zero-order valence-electron chi connectivity index (χ0n) is 44.7. The van der Waals surface area contributed by atoms with E-state index in [0.29, 0.717) is 26.1 Å². The Kier molecular flexibility index (Phi) is 55.8. The topological polar surface area (TPSA) is 61.8 Å². The molecule has 0 bridgehead atoms. The average molecular weight is 928 g/mol. The van der Waals surface area contributed by atoms with Gasteiger partial charge in [0.1, 0.15) is 6.61 Å². The zero-order valence-corrected chi connectivity index (χ0v) is 44.7. The summed E-state index contributed by atoms with van der Waals surface area (Å²) in [6.45, 7) is 7.85. The molecule has 0 saturated heterocycles. The SMILES string of the molecule is CCCCC/C=C\C/C=C\CCCCCCCCCC(=O)OC(COCCCCCCCCCCCCCCCC)COC(=O)CCCCCCCCCCC/C=C\CCCCCCCC. The van der Waals surface area contributed by atoms with Crippen LogP contribution in [0.5, 0.6) is 0 Å². The van der Waals surface area contributed by atoms with Gasteiger partial charge in [0.05, 0.1) is 6.61 Å². The number of carbonyl (C=O) groups is 2. The Hall–Kier alpha value is -1.88. The van der Waals surface area contributed by atoms with E-state index in [1.54, 1.807) is 0 Å². The molecule has 0 radical (unpaired) electrons. The second kappa shape index (κ2) is 57.4. The first-order valence-corrected chi connectivity index (χ1v) is 29.5. The molecule has 0 aliphatic heterocycles. The van der Waals surface area contributed by atoms with Crippen molar-refractivity contribution in [2.45, 2.75) is 322 Å². The normalized spacial score (nSPS) is 12.3. The van der Waals surface area contributed by atoms with E-state index >= 15 is 0 Å². The van der Waals surface area contributed by atoms with Crippen molar-refractivity contribution in [1.29, 1.82) is 0 Å². The highest BCUT2D eigenvalue weighted by Crippen LogP contribution is 2.16. The minimum atomic E-state index is -0.537. The lowest BCUT2D eigenvalue weighted by Gasteiger charge is -2.18. The highest BCUT2D eigenvalue weighted by atomic mass is 16.6. The molecule has 0 amide bonds. The summed E-state index contributed by atoms with van der Waals surface area (Å²) in [6, 6.07) is 0. The molecule has 0 heterocycles. The van der Waals surface area contributed by atoms with Gasteiger partial charge in [-0.05, 0) is 77.0 Å². The van der Waals surface area contributed by atoms with Crippen LogP contribution in [0, 0.1) is 0 Å². The molecule has 5 heteroatoms. The van der Waals surface area contributed by atoms with E-state index < -0.39 is 6.10 Å². The van der Waals surface area contributed by atoms with Gasteiger partial charge in [-0.15, -0.1) is 0 Å². The third-order valence-electron chi connectivity index (χ3n) is 13.1. The standard InChI is InChI=1S/C61H114O5/c1-4-7-10-13-16-19-22-25-28-30-31-33-34-36-39-42-45-48-51-54-60(62)65-58-59(57-64-56-53-50-47-44-41-38-27-24-21-18-15-12-9-6-3)66-61(63)55-52-49-46-43-40-37-35-32-29-26-23-20-17-14-11-8-5-2/h17,20,25-26,28-29,59H,4-16,18-19,21-24,27,30-58H2,1-3H3/b20-17-,28-25-,29-26-. The van der Waals surface area contributed by atoms with Crippen molar-refractivity contribution in [2.75, 3.05) is 19.8 Å². The maximum Gasteiger partial charge on any atom is 0.306 e. The Labute approximate surface area is 412 Å². The summed E-state index contributed by atoms with van der Waals surface area (Å²) in [4.78, 5) is 25.5. The Balaban J connectivity index is 4.23. The molecule has 0 fully saturated rings. The van der Waals surface area contributed by atoms with Gasteiger partial charge in [0, 0.05) is 19.4 Å². The summed E-state index contributed by atoms with van der Waals surface area (Å²) in [6.07, 6.45) is 70.2. The fraction of sp³-hybridized carbons (Fsp3) is 0.869. The largest absolute Gasteiger partial charge is 0.462 e. The first-order valence-electron chi connectivity index (χ1n) is 29.5. The minimum Gasteiger partial charge on any atom is -0.462 e. The molecule has 0 rings (SSSR count). The van der Waals surface area contributed by atoms with Crippen LogP contribution < -0.4 is 0 Å². The van der Waals surface area contributed by atoms with Gasteiger partial charge in [-0.1, -0.05) is 263 Å². The summed E-state index contributed by atoms with van der Waals surface area (Å²) in [5, 5.41) is 0. The summed E-state index contributed by atoms with van der Waals surface area (Å²) in [5.41, 5.74) is 0. The maximum atomic E-state index is 12.9. The first kappa shape index (κ1) is 64.1. The molecule has 0 aromatic rings. The fourth-order valence-electron chi connectivity index (χ4n) is 8.71. The number of allylic oxidation sites excluding steroid dienone is 6. The number of hydrogen-bond acceptors (Lipinski definition) is 5. The summed E-state index contributed by atoms with van der Waals surface area (Å²) >= 11 is 0. The van der Waals surface area contributed by atoms with Crippen molar-refractivity contribution in [3.8, 4) is 0 Å². The highest BCUT2D eigenvalue weighted by Gasteiger charge is 2.17. The van der Waals surface area contributed by atoms with Gasteiger partial charge in [-0.25, -0.2) is 0 Å². The number of hydrogen-bond donors (Lipinski definition) is 0. The lowest BCUT2D eigenvalue weighted by atomic mass is 10.0. The molecule has 0 saturated carbocycles. The van der Waals surface area contributed by atoms with E-state index in [1.807, 2.05) is 0 Å². The smallest absolute Gasteiger partial charge is 0.306 e. The molecular formula is C61H114O5. The van der Waals surface area contributed by atoms with Crippen molar-refractivity contribution in [1.82, 2.24) is 0 Å². The van der Waals surface area contributed by atoms with Gasteiger partial charge in [-0.3, -0.25) is 9.59 Å². The van der Waals surface area contributed by atoms with E-state index in [0.717, 1.165) is 44.9 Å². The molecule has 0 aromatic carbocycles. The van der Waals surface area contributed by atoms with Crippen LogP contribution in [0.25, 0.3) is 0 Å². The van der Waals surface area contributed by atoms with E-state index in [2.05, 4.69) is 57.2 Å². The van der Waals surface area contributed by atoms with Gasteiger partial charge in [-0.2, -0.15) is 0 Å². The monoisotopic (exact) mass is 927 g/mol. The number of unbranched alkanes of at least 4 members (excludes halogenated alkanes) is 38. The molecule has 1 unspecified atom stereocenters. The van der Waals surface area contributed by atoms with Crippen LogP contribution in [0.1, 0.15) is 316 Å². The lowest BCUT2D eigenvalue weighted by molar-refractivity contribution is -0.163. The van der Waals surface area contributed by atoms with E-state index in [1.165, 1.54) is 238 Å². The van der Waals surface area contributed by atoms with Crippen LogP contribution in [-0.2, 0) is 23.8 Å². The van der Waals surface area contributed by atoms with Crippen LogP contribution >= 0.6 is 0 Å². The second-order valence-electron chi connectivity index (χ2n) is 19.9. The van der Waals surface area contributed by atoms with Gasteiger partial charge >= 0.3 is 11.9 Å². The Morgan fingerprint density at radius 1 is 0.333 bits per heavy atom. The minimum absolute atomic E-state index is 0.0865. The molecule has 0 N–H and O–H groups in total. The van der Waals surface area contributed by atoms with E-state index in [4.69, 9.17) is 14.2 Å². The Bertz CT molecular complexity index is 1050. The van der Waals surface area contributed by atoms with Gasteiger partial charge in [0.2, 0.25) is 0 Å². The van der Waals surface area contributed by atoms with Crippen LogP contribution in [0.15, 0.2) is 36.5 Å². The Morgan fingerprint density at radius 2 is 0.636 bits per heavy atom. The van der Waals surface area contributed by atoms with E-state index in [9.17, 15) is 9.59 Å². The van der Waals surface area contributed by atoms with Crippen LogP contribution in [0.3, 0.4) is 0 Å². The van der Waals surface area contributed by atoms with Crippen molar-refractivity contribution in [3.05, 3.63) is 36.5 Å². The molecular weight excluding hydrogens is 813 g/mol. The number of ether oxygens (including phenoxy) is 3. The highest BCUT2D eigenvalue weighted by molar-refractivity contribution is 5.70. The fourth-order valence-corrected chi connectivity index (χ4v) is 8.71. The molecule has 0 spiro atoms. The van der Waals surface area contributed by atoms with Gasteiger partial charge < -0.3 is 14.2 Å². The van der Waals surface area contributed by atoms with Crippen LogP contribution in [0.4, 0.5) is 0 Å². The molecule has 0 aliphatic rings. The molecule has 0 aliphatic carbocycles. The van der Waals surface area contributed by atoms with Crippen molar-refractivity contribution >= 4 is 11.9 Å². The van der Waals surface area contributed by atoms with Crippen LogP contribution in [0.2, 0.25) is 0 Å².